The zero-order valence-electron chi connectivity index (χ0n) is 7.85. The maximum Gasteiger partial charge on any atom is 0.0797 e. The molecule has 2 rings (SSSR count). The van der Waals surface area contributed by atoms with E-state index in [1.165, 1.54) is 36.3 Å². The van der Waals surface area contributed by atoms with Gasteiger partial charge in [0, 0.05) is 10.8 Å². The highest BCUT2D eigenvalue weighted by Crippen LogP contribution is 2.50. The van der Waals surface area contributed by atoms with Crippen LogP contribution in [0.15, 0.2) is 5.51 Å². The average Bonchev–Trinajstić information content (AvgIpc) is 2.82. The van der Waals surface area contributed by atoms with Crippen molar-refractivity contribution in [3.63, 3.8) is 0 Å². The Morgan fingerprint density at radius 2 is 2.38 bits per heavy atom. The Morgan fingerprint density at radius 3 is 2.85 bits per heavy atom. The number of alkyl halides is 1. The molecule has 3 heteroatoms. The number of nitrogens with zero attached hydrogens (tertiary/aromatic N) is 1. The van der Waals surface area contributed by atoms with Gasteiger partial charge in [-0.3, -0.25) is 0 Å². The first-order chi connectivity index (χ1) is 6.26. The number of aryl methyl sites for hydroxylation is 2. The van der Waals surface area contributed by atoms with Gasteiger partial charge in [-0.2, -0.15) is 0 Å². The molecule has 0 radical (unpaired) electrons. The smallest absolute Gasteiger partial charge is 0.0797 e. The van der Waals surface area contributed by atoms with Gasteiger partial charge in [0.05, 0.1) is 11.2 Å². The minimum atomic E-state index is 0.498. The fourth-order valence-electron chi connectivity index (χ4n) is 1.57. The molecule has 0 saturated heterocycles. The Bertz CT molecular complexity index is 291. The molecular weight excluding hydrogens is 202 g/mol. The Hall–Kier alpha value is -0.0800. The van der Waals surface area contributed by atoms with Crippen molar-refractivity contribution in [2.75, 3.05) is 5.88 Å². The second-order valence-electron chi connectivity index (χ2n) is 3.99. The van der Waals surface area contributed by atoms with Gasteiger partial charge in [0.25, 0.3) is 0 Å². The second-order valence-corrected chi connectivity index (χ2v) is 5.20. The third kappa shape index (κ3) is 2.05. The quantitative estimate of drug-likeness (QED) is 0.702. The van der Waals surface area contributed by atoms with Crippen LogP contribution in [-0.4, -0.2) is 10.9 Å². The van der Waals surface area contributed by atoms with Crippen LogP contribution in [0, 0.1) is 12.3 Å². The lowest BCUT2D eigenvalue weighted by Gasteiger charge is -2.09. The Kier molecular flexibility index (Phi) is 2.61. The lowest BCUT2D eigenvalue weighted by atomic mass is 10.0. The maximum absolute atomic E-state index is 5.92. The van der Waals surface area contributed by atoms with E-state index < -0.39 is 0 Å². The van der Waals surface area contributed by atoms with Gasteiger partial charge in [0.2, 0.25) is 0 Å². The molecule has 0 aromatic carbocycles. The average molecular weight is 216 g/mol. The normalized spacial score (nSPS) is 18.9. The van der Waals surface area contributed by atoms with Crippen LogP contribution in [0.1, 0.15) is 29.8 Å². The van der Waals surface area contributed by atoms with Crippen LogP contribution in [-0.2, 0) is 6.42 Å². The fourth-order valence-corrected chi connectivity index (χ4v) is 2.75. The molecule has 1 aromatic rings. The summed E-state index contributed by atoms with van der Waals surface area (Å²) in [5.41, 5.74) is 3.64. The summed E-state index contributed by atoms with van der Waals surface area (Å²) in [5.74, 6) is 0.838. The second kappa shape index (κ2) is 3.58. The summed E-state index contributed by atoms with van der Waals surface area (Å²) < 4.78 is 0. The van der Waals surface area contributed by atoms with E-state index in [4.69, 9.17) is 11.6 Å². The summed E-state index contributed by atoms with van der Waals surface area (Å²) in [7, 11) is 0. The summed E-state index contributed by atoms with van der Waals surface area (Å²) in [6.07, 6.45) is 5.07. The predicted molar refractivity (Wildman–Crippen MR) is 57.6 cm³/mol. The van der Waals surface area contributed by atoms with Gasteiger partial charge in [-0.15, -0.1) is 22.9 Å². The van der Waals surface area contributed by atoms with E-state index in [1.54, 1.807) is 11.3 Å². The fraction of sp³-hybridized carbons (Fsp3) is 0.700. The van der Waals surface area contributed by atoms with Crippen LogP contribution in [0.25, 0.3) is 0 Å². The summed E-state index contributed by atoms with van der Waals surface area (Å²) in [4.78, 5) is 5.69. The van der Waals surface area contributed by atoms with Gasteiger partial charge in [-0.1, -0.05) is 0 Å². The maximum atomic E-state index is 5.92. The molecule has 0 amide bonds. The standard InChI is InChI=1S/C10H14ClNS/c1-8-9(13-7-12-8)2-3-10(6-11)4-5-10/h7H,2-6H2,1H3. The third-order valence-electron chi connectivity index (χ3n) is 2.97. The summed E-state index contributed by atoms with van der Waals surface area (Å²) in [6.45, 7) is 2.09. The zero-order chi connectivity index (χ0) is 9.31. The number of halogens is 1. The van der Waals surface area contributed by atoms with Crippen molar-refractivity contribution in [1.29, 1.82) is 0 Å². The third-order valence-corrected chi connectivity index (χ3v) is 4.53. The summed E-state index contributed by atoms with van der Waals surface area (Å²) >= 11 is 7.70. The van der Waals surface area contributed by atoms with E-state index in [0.29, 0.717) is 5.41 Å². The van der Waals surface area contributed by atoms with Gasteiger partial charge in [-0.25, -0.2) is 4.98 Å². The molecule has 0 aliphatic heterocycles. The minimum Gasteiger partial charge on any atom is -0.250 e. The van der Waals surface area contributed by atoms with Crippen LogP contribution in [0.2, 0.25) is 0 Å². The van der Waals surface area contributed by atoms with Crippen molar-refractivity contribution in [3.8, 4) is 0 Å². The highest BCUT2D eigenvalue weighted by Gasteiger charge is 2.41. The molecule has 1 fully saturated rings. The first-order valence-corrected chi connectivity index (χ1v) is 6.12. The molecule has 1 nitrogen and oxygen atoms in total. The first-order valence-electron chi connectivity index (χ1n) is 4.71. The lowest BCUT2D eigenvalue weighted by molar-refractivity contribution is 0.527. The van der Waals surface area contributed by atoms with Crippen molar-refractivity contribution >= 4 is 22.9 Å². The number of aromatic nitrogens is 1. The van der Waals surface area contributed by atoms with Gasteiger partial charge in [0.15, 0.2) is 0 Å². The monoisotopic (exact) mass is 215 g/mol. The number of rotatable bonds is 4. The van der Waals surface area contributed by atoms with Gasteiger partial charge < -0.3 is 0 Å². The van der Waals surface area contributed by atoms with Gasteiger partial charge in [-0.05, 0) is 38.0 Å². The van der Waals surface area contributed by atoms with Crippen LogP contribution < -0.4 is 0 Å². The SMILES string of the molecule is Cc1ncsc1CCC1(CCl)CC1. The molecule has 0 spiro atoms. The van der Waals surface area contributed by atoms with E-state index >= 15 is 0 Å². The molecule has 72 valence electrons. The van der Waals surface area contributed by atoms with E-state index in [9.17, 15) is 0 Å². The predicted octanol–water partition coefficient (Wildman–Crippen LogP) is 3.40. The van der Waals surface area contributed by atoms with Crippen molar-refractivity contribution < 1.29 is 0 Å². The molecule has 0 bridgehead atoms. The highest BCUT2D eigenvalue weighted by atomic mass is 35.5. The van der Waals surface area contributed by atoms with Crippen LogP contribution in [0.4, 0.5) is 0 Å². The van der Waals surface area contributed by atoms with E-state index in [2.05, 4.69) is 11.9 Å². The number of hydrogen-bond acceptors (Lipinski definition) is 2. The first kappa shape index (κ1) is 9.47. The molecular formula is C10H14ClNS. The molecule has 0 unspecified atom stereocenters. The molecule has 1 aliphatic carbocycles. The Balaban J connectivity index is 1.90. The largest absolute Gasteiger partial charge is 0.250 e. The molecule has 0 N–H and O–H groups in total. The van der Waals surface area contributed by atoms with Crippen molar-refractivity contribution in [2.24, 2.45) is 5.41 Å². The van der Waals surface area contributed by atoms with Crippen molar-refractivity contribution in [3.05, 3.63) is 16.1 Å². The summed E-state index contributed by atoms with van der Waals surface area (Å²) in [6, 6.07) is 0. The van der Waals surface area contributed by atoms with Gasteiger partial charge >= 0.3 is 0 Å². The lowest BCUT2D eigenvalue weighted by Crippen LogP contribution is -2.03. The van der Waals surface area contributed by atoms with Crippen molar-refractivity contribution in [2.45, 2.75) is 32.6 Å². The van der Waals surface area contributed by atoms with E-state index in [1.807, 2.05) is 5.51 Å². The van der Waals surface area contributed by atoms with Crippen molar-refractivity contribution in [1.82, 2.24) is 4.98 Å². The molecule has 0 atom stereocenters. The number of hydrogen-bond donors (Lipinski definition) is 0. The topological polar surface area (TPSA) is 12.9 Å². The van der Waals surface area contributed by atoms with E-state index in [0.717, 1.165) is 5.88 Å². The van der Waals surface area contributed by atoms with Crippen LogP contribution in [0.3, 0.4) is 0 Å². The highest BCUT2D eigenvalue weighted by molar-refractivity contribution is 7.09. The summed E-state index contributed by atoms with van der Waals surface area (Å²) in [5, 5.41) is 0. The molecule has 1 aromatic heterocycles. The molecule has 13 heavy (non-hydrogen) atoms. The van der Waals surface area contributed by atoms with E-state index in [-0.39, 0.29) is 0 Å². The Labute approximate surface area is 88.1 Å². The molecule has 1 aliphatic rings. The van der Waals surface area contributed by atoms with Crippen LogP contribution in [0.5, 0.6) is 0 Å². The minimum absolute atomic E-state index is 0.498. The Morgan fingerprint density at radius 1 is 1.62 bits per heavy atom. The zero-order valence-corrected chi connectivity index (χ0v) is 9.42. The van der Waals surface area contributed by atoms with Gasteiger partial charge in [0.1, 0.15) is 0 Å². The molecule has 1 heterocycles. The number of thiazole rings is 1. The van der Waals surface area contributed by atoms with Crippen LogP contribution >= 0.6 is 22.9 Å². The molecule has 1 saturated carbocycles.